The number of likely N-dealkylation sites (tertiary alicyclic amines) is 1. The molecular weight excluding hydrogens is 352 g/mol. The highest BCUT2D eigenvalue weighted by Crippen LogP contribution is 2.21. The van der Waals surface area contributed by atoms with E-state index < -0.39 is 0 Å². The zero-order valence-corrected chi connectivity index (χ0v) is 16.0. The molecule has 2 saturated heterocycles. The van der Waals surface area contributed by atoms with Crippen molar-refractivity contribution in [2.24, 2.45) is 0 Å². The van der Waals surface area contributed by atoms with Gasteiger partial charge >= 0.3 is 0 Å². The van der Waals surface area contributed by atoms with Crippen LogP contribution in [0.15, 0.2) is 54.7 Å². The van der Waals surface area contributed by atoms with Crippen molar-refractivity contribution in [1.82, 2.24) is 19.7 Å². The summed E-state index contributed by atoms with van der Waals surface area (Å²) in [5.74, 6) is 0.195. The number of piperazine rings is 1. The smallest absolute Gasteiger partial charge is 0.272 e. The maximum atomic E-state index is 13.1. The molecule has 0 spiro atoms. The SMILES string of the molecule is O=C(c1ccccn1)N1CCN(C2CCCN(Cc3ccccc3)C2=O)CC1. The predicted octanol–water partition coefficient (Wildman–Crippen LogP) is 2.03. The fourth-order valence-corrected chi connectivity index (χ4v) is 4.11. The van der Waals surface area contributed by atoms with Gasteiger partial charge in [0, 0.05) is 45.5 Å². The van der Waals surface area contributed by atoms with Gasteiger partial charge in [-0.2, -0.15) is 0 Å². The minimum Gasteiger partial charge on any atom is -0.337 e. The summed E-state index contributed by atoms with van der Waals surface area (Å²) in [4.78, 5) is 35.9. The third-order valence-corrected chi connectivity index (χ3v) is 5.64. The number of carbonyl (C=O) groups is 2. The van der Waals surface area contributed by atoms with Gasteiger partial charge in [0.15, 0.2) is 0 Å². The number of carbonyl (C=O) groups excluding carboxylic acids is 2. The van der Waals surface area contributed by atoms with Gasteiger partial charge in [0.25, 0.3) is 5.91 Å². The summed E-state index contributed by atoms with van der Waals surface area (Å²) in [6, 6.07) is 15.5. The van der Waals surface area contributed by atoms with Crippen LogP contribution in [0.4, 0.5) is 0 Å². The fourth-order valence-electron chi connectivity index (χ4n) is 4.11. The molecule has 1 unspecified atom stereocenters. The number of pyridine rings is 1. The monoisotopic (exact) mass is 378 g/mol. The molecule has 0 aliphatic carbocycles. The molecule has 1 aromatic heterocycles. The van der Waals surface area contributed by atoms with Crippen LogP contribution in [-0.4, -0.2) is 70.3 Å². The van der Waals surface area contributed by atoms with Gasteiger partial charge in [-0.25, -0.2) is 0 Å². The van der Waals surface area contributed by atoms with Crippen LogP contribution in [0.1, 0.15) is 28.9 Å². The lowest BCUT2D eigenvalue weighted by molar-refractivity contribution is -0.141. The minimum absolute atomic E-state index is 0.0269. The van der Waals surface area contributed by atoms with Gasteiger partial charge in [-0.3, -0.25) is 19.5 Å². The van der Waals surface area contributed by atoms with Crippen molar-refractivity contribution in [3.8, 4) is 0 Å². The Bertz CT molecular complexity index is 804. The Morgan fingerprint density at radius 1 is 0.964 bits per heavy atom. The largest absolute Gasteiger partial charge is 0.337 e. The molecule has 4 rings (SSSR count). The Morgan fingerprint density at radius 2 is 1.71 bits per heavy atom. The Balaban J connectivity index is 1.35. The number of piperidine rings is 1. The van der Waals surface area contributed by atoms with Gasteiger partial charge in [0.2, 0.25) is 5.91 Å². The molecular formula is C22H26N4O2. The molecule has 2 aliphatic rings. The molecule has 1 atom stereocenters. The Hall–Kier alpha value is -2.73. The fraction of sp³-hybridized carbons (Fsp3) is 0.409. The summed E-state index contributed by atoms with van der Waals surface area (Å²) in [5.41, 5.74) is 1.65. The van der Waals surface area contributed by atoms with Crippen LogP contribution in [0.3, 0.4) is 0 Å². The Labute approximate surface area is 165 Å². The molecule has 146 valence electrons. The van der Waals surface area contributed by atoms with Crippen LogP contribution in [0.5, 0.6) is 0 Å². The molecule has 0 bridgehead atoms. The highest BCUT2D eigenvalue weighted by Gasteiger charge is 2.35. The zero-order valence-electron chi connectivity index (χ0n) is 16.0. The first-order chi connectivity index (χ1) is 13.7. The van der Waals surface area contributed by atoms with Gasteiger partial charge in [-0.15, -0.1) is 0 Å². The molecule has 2 aliphatic heterocycles. The van der Waals surface area contributed by atoms with Gasteiger partial charge in [0.05, 0.1) is 6.04 Å². The van der Waals surface area contributed by atoms with E-state index in [9.17, 15) is 9.59 Å². The van der Waals surface area contributed by atoms with Crippen molar-refractivity contribution >= 4 is 11.8 Å². The first kappa shape index (κ1) is 18.6. The summed E-state index contributed by atoms with van der Waals surface area (Å²) >= 11 is 0. The number of hydrogen-bond donors (Lipinski definition) is 0. The lowest BCUT2D eigenvalue weighted by atomic mass is 10.0. The summed E-state index contributed by atoms with van der Waals surface area (Å²) in [6.07, 6.45) is 3.57. The minimum atomic E-state index is -0.0652. The van der Waals surface area contributed by atoms with Crippen LogP contribution < -0.4 is 0 Å². The van der Waals surface area contributed by atoms with Crippen molar-refractivity contribution in [1.29, 1.82) is 0 Å². The number of benzene rings is 1. The topological polar surface area (TPSA) is 56.8 Å². The Kier molecular flexibility index (Phi) is 5.67. The van der Waals surface area contributed by atoms with E-state index in [1.807, 2.05) is 40.1 Å². The third kappa shape index (κ3) is 4.07. The van der Waals surface area contributed by atoms with Gasteiger partial charge in [-0.1, -0.05) is 36.4 Å². The number of aromatic nitrogens is 1. The van der Waals surface area contributed by atoms with Crippen molar-refractivity contribution in [3.63, 3.8) is 0 Å². The molecule has 6 heteroatoms. The summed E-state index contributed by atoms with van der Waals surface area (Å²) < 4.78 is 0. The van der Waals surface area contributed by atoms with Crippen LogP contribution >= 0.6 is 0 Å². The van der Waals surface area contributed by atoms with E-state index in [2.05, 4.69) is 22.0 Å². The maximum absolute atomic E-state index is 13.1. The molecule has 2 amide bonds. The predicted molar refractivity (Wildman–Crippen MR) is 107 cm³/mol. The molecule has 6 nitrogen and oxygen atoms in total. The summed E-state index contributed by atoms with van der Waals surface area (Å²) in [5, 5.41) is 0. The van der Waals surface area contributed by atoms with Gasteiger partial charge in [0.1, 0.15) is 5.69 Å². The van der Waals surface area contributed by atoms with E-state index in [4.69, 9.17) is 0 Å². The van der Waals surface area contributed by atoms with Gasteiger partial charge in [-0.05, 0) is 30.5 Å². The second kappa shape index (κ2) is 8.52. The van der Waals surface area contributed by atoms with E-state index in [1.54, 1.807) is 12.3 Å². The molecule has 0 radical (unpaired) electrons. The van der Waals surface area contributed by atoms with E-state index in [-0.39, 0.29) is 17.9 Å². The van der Waals surface area contributed by atoms with E-state index in [1.165, 1.54) is 5.56 Å². The van der Waals surface area contributed by atoms with Crippen molar-refractivity contribution in [2.45, 2.75) is 25.4 Å². The lowest BCUT2D eigenvalue weighted by Crippen LogP contribution is -2.58. The van der Waals surface area contributed by atoms with E-state index >= 15 is 0 Å². The molecule has 2 aromatic rings. The van der Waals surface area contributed by atoms with Gasteiger partial charge < -0.3 is 9.80 Å². The average molecular weight is 378 g/mol. The van der Waals surface area contributed by atoms with E-state index in [0.29, 0.717) is 25.3 Å². The highest BCUT2D eigenvalue weighted by molar-refractivity contribution is 5.92. The first-order valence-corrected chi connectivity index (χ1v) is 9.99. The van der Waals surface area contributed by atoms with Crippen molar-refractivity contribution < 1.29 is 9.59 Å². The Morgan fingerprint density at radius 3 is 2.43 bits per heavy atom. The average Bonchev–Trinajstić information content (AvgIpc) is 2.76. The highest BCUT2D eigenvalue weighted by atomic mass is 16.2. The molecule has 28 heavy (non-hydrogen) atoms. The number of amides is 2. The van der Waals surface area contributed by atoms with Crippen LogP contribution in [0, 0.1) is 0 Å². The molecule has 0 saturated carbocycles. The van der Waals surface area contributed by atoms with Crippen LogP contribution in [0.25, 0.3) is 0 Å². The van der Waals surface area contributed by atoms with Crippen LogP contribution in [-0.2, 0) is 11.3 Å². The van der Waals surface area contributed by atoms with Crippen LogP contribution in [0.2, 0.25) is 0 Å². The molecule has 3 heterocycles. The molecule has 2 fully saturated rings. The number of hydrogen-bond acceptors (Lipinski definition) is 4. The zero-order chi connectivity index (χ0) is 19.3. The second-order valence-corrected chi connectivity index (χ2v) is 7.45. The van der Waals surface area contributed by atoms with Crippen molar-refractivity contribution in [2.75, 3.05) is 32.7 Å². The first-order valence-electron chi connectivity index (χ1n) is 9.99. The maximum Gasteiger partial charge on any atom is 0.272 e. The second-order valence-electron chi connectivity index (χ2n) is 7.45. The quantitative estimate of drug-likeness (QED) is 0.817. The third-order valence-electron chi connectivity index (χ3n) is 5.64. The normalized spacial score (nSPS) is 21.0. The molecule has 1 aromatic carbocycles. The lowest BCUT2D eigenvalue weighted by Gasteiger charge is -2.42. The van der Waals surface area contributed by atoms with Crippen molar-refractivity contribution in [3.05, 3.63) is 66.0 Å². The standard InChI is InChI=1S/C22H26N4O2/c27-21(19-9-4-5-11-23-19)25-15-13-24(14-16-25)20-10-6-12-26(22(20)28)17-18-7-2-1-3-8-18/h1-5,7-9,11,20H,6,10,12-17H2. The summed E-state index contributed by atoms with van der Waals surface area (Å²) in [6.45, 7) is 4.23. The number of rotatable bonds is 4. The summed E-state index contributed by atoms with van der Waals surface area (Å²) in [7, 11) is 0. The number of nitrogens with zero attached hydrogens (tertiary/aromatic N) is 4. The molecule has 0 N–H and O–H groups in total. The van der Waals surface area contributed by atoms with E-state index in [0.717, 1.165) is 32.5 Å².